The second-order valence-corrected chi connectivity index (χ2v) is 5.77. The number of carbonyl (C=O) groups excluding carboxylic acids is 1. The van der Waals surface area contributed by atoms with E-state index in [0.717, 1.165) is 28.9 Å². The number of nitrogens with zero attached hydrogens (tertiary/aromatic N) is 1. The number of nitrogens with one attached hydrogen (secondary N) is 3. The van der Waals surface area contributed by atoms with Gasteiger partial charge in [-0.15, -0.1) is 0 Å². The van der Waals surface area contributed by atoms with E-state index < -0.39 is 0 Å². The maximum atomic E-state index is 11.9. The van der Waals surface area contributed by atoms with E-state index in [1.165, 1.54) is 0 Å². The van der Waals surface area contributed by atoms with E-state index in [9.17, 15) is 4.79 Å². The molecule has 118 valence electrons. The number of benzene rings is 1. The van der Waals surface area contributed by atoms with Gasteiger partial charge in [0.2, 0.25) is 0 Å². The van der Waals surface area contributed by atoms with Crippen molar-refractivity contribution in [3.63, 3.8) is 0 Å². The summed E-state index contributed by atoms with van der Waals surface area (Å²) in [7, 11) is 0. The maximum Gasteiger partial charge on any atom is 0.315 e. The number of hydrogen-bond donors (Lipinski definition) is 3. The van der Waals surface area contributed by atoms with Gasteiger partial charge in [0, 0.05) is 17.3 Å². The van der Waals surface area contributed by atoms with Crippen molar-refractivity contribution in [2.75, 3.05) is 6.54 Å². The summed E-state index contributed by atoms with van der Waals surface area (Å²) in [5, 5.41) is 13.6. The normalized spacial score (nSPS) is 12.0. The maximum absolute atomic E-state index is 11.9. The Bertz CT molecular complexity index is 617. The molecule has 0 spiro atoms. The number of carbonyl (C=O) groups is 1. The van der Waals surface area contributed by atoms with Crippen molar-refractivity contribution in [2.45, 2.75) is 33.2 Å². The van der Waals surface area contributed by atoms with Gasteiger partial charge in [0.15, 0.2) is 0 Å². The monoisotopic (exact) mass is 320 g/mol. The number of halogens is 1. The van der Waals surface area contributed by atoms with Gasteiger partial charge in [0.25, 0.3) is 0 Å². The molecule has 0 aliphatic heterocycles. The van der Waals surface area contributed by atoms with Crippen LogP contribution in [0.5, 0.6) is 0 Å². The largest absolute Gasteiger partial charge is 0.338 e. The van der Waals surface area contributed by atoms with E-state index in [1.54, 1.807) is 0 Å². The number of aromatic nitrogens is 2. The van der Waals surface area contributed by atoms with E-state index in [1.807, 2.05) is 45.0 Å². The van der Waals surface area contributed by atoms with Crippen molar-refractivity contribution in [1.82, 2.24) is 20.8 Å². The molecule has 0 unspecified atom stereocenters. The summed E-state index contributed by atoms with van der Waals surface area (Å²) >= 11 is 5.86. The van der Waals surface area contributed by atoms with Crippen molar-refractivity contribution in [1.29, 1.82) is 0 Å². The molecule has 2 amide bonds. The molecule has 0 aliphatic rings. The van der Waals surface area contributed by atoms with E-state index in [-0.39, 0.29) is 12.1 Å². The van der Waals surface area contributed by atoms with Crippen LogP contribution in [-0.4, -0.2) is 22.8 Å². The van der Waals surface area contributed by atoms with Crippen molar-refractivity contribution >= 4 is 17.6 Å². The number of aryl methyl sites for hydroxylation is 2. The van der Waals surface area contributed by atoms with Crippen LogP contribution in [0.4, 0.5) is 4.79 Å². The molecule has 22 heavy (non-hydrogen) atoms. The Morgan fingerprint density at radius 1 is 1.32 bits per heavy atom. The van der Waals surface area contributed by atoms with E-state index >= 15 is 0 Å². The van der Waals surface area contributed by atoms with Crippen molar-refractivity contribution in [3.05, 3.63) is 51.8 Å². The minimum atomic E-state index is -0.179. The molecule has 1 atom stereocenters. The van der Waals surface area contributed by atoms with Crippen LogP contribution in [0.3, 0.4) is 0 Å². The van der Waals surface area contributed by atoms with Crippen molar-refractivity contribution < 1.29 is 4.79 Å². The Hall–Kier alpha value is -2.01. The molecule has 1 aromatic carbocycles. The van der Waals surface area contributed by atoms with E-state index in [0.29, 0.717) is 11.6 Å². The highest BCUT2D eigenvalue weighted by molar-refractivity contribution is 6.30. The van der Waals surface area contributed by atoms with Gasteiger partial charge in [-0.2, -0.15) is 5.10 Å². The molecule has 5 nitrogen and oxygen atoms in total. The van der Waals surface area contributed by atoms with Crippen LogP contribution in [-0.2, 0) is 6.42 Å². The summed E-state index contributed by atoms with van der Waals surface area (Å²) < 4.78 is 0. The summed E-state index contributed by atoms with van der Waals surface area (Å²) in [6.07, 6.45) is 0.761. The number of urea groups is 1. The third-order valence-electron chi connectivity index (χ3n) is 3.66. The number of aromatic amines is 1. The first-order valence-electron chi connectivity index (χ1n) is 7.27. The van der Waals surface area contributed by atoms with Crippen LogP contribution in [0.15, 0.2) is 24.3 Å². The SMILES string of the molecule is Cc1n[nH]c(C)c1CCNC(=O)N[C@@H](C)c1ccc(Cl)cc1. The smallest absolute Gasteiger partial charge is 0.315 e. The molecule has 3 N–H and O–H groups in total. The predicted molar refractivity (Wildman–Crippen MR) is 88.2 cm³/mol. The van der Waals surface area contributed by atoms with Gasteiger partial charge in [0.05, 0.1) is 11.7 Å². The highest BCUT2D eigenvalue weighted by Gasteiger charge is 2.10. The number of rotatable bonds is 5. The van der Waals surface area contributed by atoms with E-state index in [4.69, 9.17) is 11.6 Å². The van der Waals surface area contributed by atoms with Gasteiger partial charge in [0.1, 0.15) is 0 Å². The lowest BCUT2D eigenvalue weighted by atomic mass is 10.1. The average Bonchev–Trinajstić information content (AvgIpc) is 2.79. The fourth-order valence-corrected chi connectivity index (χ4v) is 2.45. The van der Waals surface area contributed by atoms with Gasteiger partial charge < -0.3 is 10.6 Å². The number of amides is 2. The third-order valence-corrected chi connectivity index (χ3v) is 3.91. The lowest BCUT2D eigenvalue weighted by molar-refractivity contribution is 0.238. The van der Waals surface area contributed by atoms with Crippen molar-refractivity contribution in [3.8, 4) is 0 Å². The molecule has 2 aromatic rings. The Morgan fingerprint density at radius 2 is 2.00 bits per heavy atom. The molecule has 1 aromatic heterocycles. The van der Waals surface area contributed by atoms with Crippen LogP contribution < -0.4 is 10.6 Å². The summed E-state index contributed by atoms with van der Waals surface area (Å²) in [6, 6.07) is 7.20. The molecular formula is C16H21ClN4O. The average molecular weight is 321 g/mol. The fraction of sp³-hybridized carbons (Fsp3) is 0.375. The summed E-state index contributed by atoms with van der Waals surface area (Å²) in [6.45, 7) is 6.45. The lowest BCUT2D eigenvalue weighted by Gasteiger charge is -2.15. The van der Waals surface area contributed by atoms with Gasteiger partial charge >= 0.3 is 6.03 Å². The van der Waals surface area contributed by atoms with Crippen molar-refractivity contribution in [2.24, 2.45) is 0 Å². The quantitative estimate of drug-likeness (QED) is 0.791. The highest BCUT2D eigenvalue weighted by Crippen LogP contribution is 2.15. The third kappa shape index (κ3) is 4.24. The molecule has 0 radical (unpaired) electrons. The van der Waals surface area contributed by atoms with Crippen LogP contribution in [0.2, 0.25) is 5.02 Å². The zero-order valence-electron chi connectivity index (χ0n) is 13.0. The molecule has 0 aliphatic carbocycles. The predicted octanol–water partition coefficient (Wildman–Crippen LogP) is 3.28. The number of hydrogen-bond acceptors (Lipinski definition) is 2. The first-order chi connectivity index (χ1) is 10.5. The zero-order chi connectivity index (χ0) is 16.1. The topological polar surface area (TPSA) is 69.8 Å². The Balaban J connectivity index is 1.79. The first-order valence-corrected chi connectivity index (χ1v) is 7.65. The zero-order valence-corrected chi connectivity index (χ0v) is 13.8. The first kappa shape index (κ1) is 16.4. The standard InChI is InChI=1S/C16H21ClN4O/c1-10(13-4-6-14(17)7-5-13)19-16(22)18-9-8-15-11(2)20-21-12(15)3/h4-7,10H,8-9H2,1-3H3,(H,20,21)(H2,18,19,22)/t10-/m0/s1. The van der Waals surface area contributed by atoms with Crippen LogP contribution in [0, 0.1) is 13.8 Å². The van der Waals surface area contributed by atoms with Gasteiger partial charge in [-0.25, -0.2) is 4.79 Å². The molecule has 0 bridgehead atoms. The fourth-order valence-electron chi connectivity index (χ4n) is 2.33. The van der Waals surface area contributed by atoms with E-state index in [2.05, 4.69) is 20.8 Å². The minimum Gasteiger partial charge on any atom is -0.338 e. The summed E-state index contributed by atoms with van der Waals surface area (Å²) in [4.78, 5) is 11.9. The molecule has 2 rings (SSSR count). The van der Waals surface area contributed by atoms with Gasteiger partial charge in [-0.3, -0.25) is 5.10 Å². The molecule has 1 heterocycles. The Kier molecular flexibility index (Phi) is 5.44. The van der Waals surface area contributed by atoms with Crippen LogP contribution in [0.1, 0.15) is 35.5 Å². The van der Waals surface area contributed by atoms with Gasteiger partial charge in [-0.1, -0.05) is 23.7 Å². The second kappa shape index (κ2) is 7.31. The highest BCUT2D eigenvalue weighted by atomic mass is 35.5. The van der Waals surface area contributed by atoms with Crippen LogP contribution >= 0.6 is 11.6 Å². The Labute approximate surface area is 135 Å². The van der Waals surface area contributed by atoms with Gasteiger partial charge in [-0.05, 0) is 50.5 Å². The molecule has 0 saturated carbocycles. The molecule has 6 heteroatoms. The molecular weight excluding hydrogens is 300 g/mol. The minimum absolute atomic E-state index is 0.0744. The number of H-pyrrole nitrogens is 1. The summed E-state index contributed by atoms with van der Waals surface area (Å²) in [5.74, 6) is 0. The molecule has 0 saturated heterocycles. The second-order valence-electron chi connectivity index (χ2n) is 5.34. The molecule has 0 fully saturated rings. The summed E-state index contributed by atoms with van der Waals surface area (Å²) in [5.41, 5.74) is 4.20. The Morgan fingerprint density at radius 3 is 2.59 bits per heavy atom. The lowest BCUT2D eigenvalue weighted by Crippen LogP contribution is -2.38. The van der Waals surface area contributed by atoms with Crippen LogP contribution in [0.25, 0.3) is 0 Å².